The summed E-state index contributed by atoms with van der Waals surface area (Å²) >= 11 is 0. The van der Waals surface area contributed by atoms with Crippen molar-refractivity contribution in [2.45, 2.75) is 19.2 Å². The van der Waals surface area contributed by atoms with Crippen LogP contribution in [0.4, 0.5) is 0 Å². The normalized spacial score (nSPS) is 18.0. The Bertz CT molecular complexity index is 816. The molecule has 1 aliphatic rings. The summed E-state index contributed by atoms with van der Waals surface area (Å²) in [6, 6.07) is 13.5. The molecule has 4 rings (SSSR count). The van der Waals surface area contributed by atoms with Crippen molar-refractivity contribution in [3.05, 3.63) is 60.1 Å². The van der Waals surface area contributed by atoms with Gasteiger partial charge in [-0.15, -0.1) is 0 Å². The van der Waals surface area contributed by atoms with E-state index in [0.717, 1.165) is 23.2 Å². The van der Waals surface area contributed by atoms with Crippen molar-refractivity contribution in [1.82, 2.24) is 9.47 Å². The Morgan fingerprint density at radius 3 is 2.91 bits per heavy atom. The fraction of sp³-hybridized carbons (Fsp3) is 0.278. The molecule has 1 atom stereocenters. The summed E-state index contributed by atoms with van der Waals surface area (Å²) in [5.74, 6) is 0.277. The maximum absolute atomic E-state index is 12.9. The van der Waals surface area contributed by atoms with E-state index in [0.29, 0.717) is 18.8 Å². The minimum absolute atomic E-state index is 0.0306. The molecule has 0 aliphatic carbocycles. The number of hydrogen-bond donors (Lipinski definition) is 0. The molecule has 0 bridgehead atoms. The Balaban J connectivity index is 1.66. The lowest BCUT2D eigenvalue weighted by Crippen LogP contribution is -2.36. The van der Waals surface area contributed by atoms with Crippen molar-refractivity contribution >= 4 is 16.9 Å². The number of hydrogen-bond acceptors (Lipinski definition) is 3. The summed E-state index contributed by atoms with van der Waals surface area (Å²) in [5, 5.41) is 0.942. The second-order valence-electron chi connectivity index (χ2n) is 5.84. The first kappa shape index (κ1) is 14.1. The molecular formula is C18H18N2O3. The molecule has 5 heteroatoms. The van der Waals surface area contributed by atoms with Gasteiger partial charge in [0.15, 0.2) is 5.76 Å². The largest absolute Gasteiger partial charge is 0.451 e. The van der Waals surface area contributed by atoms with Crippen LogP contribution in [0.2, 0.25) is 0 Å². The molecule has 1 aliphatic heterocycles. The average molecular weight is 310 g/mol. The zero-order valence-corrected chi connectivity index (χ0v) is 12.9. The van der Waals surface area contributed by atoms with Gasteiger partial charge in [-0.2, -0.15) is 0 Å². The van der Waals surface area contributed by atoms with E-state index >= 15 is 0 Å². The molecule has 0 saturated heterocycles. The molecule has 2 aromatic heterocycles. The van der Waals surface area contributed by atoms with Crippen molar-refractivity contribution in [1.29, 1.82) is 0 Å². The topological polar surface area (TPSA) is 47.6 Å². The van der Waals surface area contributed by atoms with E-state index in [9.17, 15) is 4.79 Å². The van der Waals surface area contributed by atoms with Gasteiger partial charge in [-0.05, 0) is 24.3 Å². The fourth-order valence-electron chi connectivity index (χ4n) is 3.10. The number of fused-ring (bicyclic) bond motifs is 2. The molecule has 23 heavy (non-hydrogen) atoms. The Morgan fingerprint density at radius 2 is 2.09 bits per heavy atom. The van der Waals surface area contributed by atoms with Crippen LogP contribution in [0.5, 0.6) is 0 Å². The number of nitrogens with zero attached hydrogens (tertiary/aromatic N) is 2. The maximum atomic E-state index is 12.9. The van der Waals surface area contributed by atoms with E-state index in [-0.39, 0.29) is 12.0 Å². The van der Waals surface area contributed by atoms with Crippen LogP contribution in [0, 0.1) is 0 Å². The highest BCUT2D eigenvalue weighted by Gasteiger charge is 2.27. The molecule has 5 nitrogen and oxygen atoms in total. The quantitative estimate of drug-likeness (QED) is 0.731. The van der Waals surface area contributed by atoms with E-state index < -0.39 is 0 Å². The standard InChI is InChI=1S/C18H18N2O3/c1-22-15-11-19-8-4-6-14(19)10-20(12-15)18(21)17-9-13-5-2-3-7-16(13)23-17/h2-9,15H,10-12H2,1H3. The number of carbonyl (C=O) groups excluding carboxylic acids is 1. The lowest BCUT2D eigenvalue weighted by Gasteiger charge is -2.22. The summed E-state index contributed by atoms with van der Waals surface area (Å²) in [5.41, 5.74) is 1.84. The third kappa shape index (κ3) is 2.53. The highest BCUT2D eigenvalue weighted by molar-refractivity contribution is 5.96. The van der Waals surface area contributed by atoms with Gasteiger partial charge in [0, 0.05) is 30.9 Å². The van der Waals surface area contributed by atoms with Crippen LogP contribution < -0.4 is 0 Å². The van der Waals surface area contributed by atoms with Gasteiger partial charge in [0.2, 0.25) is 0 Å². The smallest absolute Gasteiger partial charge is 0.290 e. The van der Waals surface area contributed by atoms with Crippen molar-refractivity contribution in [3.63, 3.8) is 0 Å². The Hall–Kier alpha value is -2.53. The van der Waals surface area contributed by atoms with E-state index in [4.69, 9.17) is 9.15 Å². The third-order valence-electron chi connectivity index (χ3n) is 4.36. The molecule has 1 aromatic carbocycles. The average Bonchev–Trinajstić information content (AvgIpc) is 3.15. The number of methoxy groups -OCH3 is 1. The summed E-state index contributed by atoms with van der Waals surface area (Å²) in [7, 11) is 1.68. The lowest BCUT2D eigenvalue weighted by atomic mass is 10.2. The third-order valence-corrected chi connectivity index (χ3v) is 4.36. The summed E-state index contributed by atoms with van der Waals surface area (Å²) < 4.78 is 13.4. The molecule has 1 unspecified atom stereocenters. The molecule has 3 heterocycles. The first-order valence-electron chi connectivity index (χ1n) is 7.69. The van der Waals surface area contributed by atoms with Crippen LogP contribution in [0.15, 0.2) is 53.1 Å². The van der Waals surface area contributed by atoms with Gasteiger partial charge < -0.3 is 18.6 Å². The zero-order valence-electron chi connectivity index (χ0n) is 12.9. The van der Waals surface area contributed by atoms with Gasteiger partial charge in [-0.1, -0.05) is 18.2 Å². The minimum Gasteiger partial charge on any atom is -0.451 e. The summed E-state index contributed by atoms with van der Waals surface area (Å²) in [4.78, 5) is 14.7. The van der Waals surface area contributed by atoms with E-state index in [1.807, 2.05) is 48.7 Å². The molecule has 0 radical (unpaired) electrons. The number of rotatable bonds is 2. The molecule has 1 amide bonds. The van der Waals surface area contributed by atoms with Crippen LogP contribution in [0.25, 0.3) is 11.0 Å². The Morgan fingerprint density at radius 1 is 1.22 bits per heavy atom. The number of para-hydroxylation sites is 1. The molecule has 3 aromatic rings. The second-order valence-corrected chi connectivity index (χ2v) is 5.84. The highest BCUT2D eigenvalue weighted by Crippen LogP contribution is 2.22. The van der Waals surface area contributed by atoms with E-state index in [2.05, 4.69) is 4.57 Å². The number of aromatic nitrogens is 1. The molecule has 118 valence electrons. The fourth-order valence-corrected chi connectivity index (χ4v) is 3.10. The predicted molar refractivity (Wildman–Crippen MR) is 86.2 cm³/mol. The van der Waals surface area contributed by atoms with E-state index in [1.54, 1.807) is 12.0 Å². The van der Waals surface area contributed by atoms with Crippen LogP contribution in [-0.4, -0.2) is 35.1 Å². The van der Waals surface area contributed by atoms with Crippen LogP contribution in [0.1, 0.15) is 16.2 Å². The molecule has 0 spiro atoms. The molecule has 0 N–H and O–H groups in total. The maximum Gasteiger partial charge on any atom is 0.290 e. The second kappa shape index (κ2) is 5.59. The van der Waals surface area contributed by atoms with Crippen molar-refractivity contribution < 1.29 is 13.9 Å². The predicted octanol–water partition coefficient (Wildman–Crippen LogP) is 2.91. The summed E-state index contributed by atoms with van der Waals surface area (Å²) in [6.45, 7) is 1.86. The number of ether oxygens (including phenoxy) is 1. The van der Waals surface area contributed by atoms with Crippen LogP contribution in [-0.2, 0) is 17.8 Å². The number of benzene rings is 1. The number of carbonyl (C=O) groups is 1. The Kier molecular flexibility index (Phi) is 3.42. The Labute approximate surface area is 134 Å². The van der Waals surface area contributed by atoms with Crippen molar-refractivity contribution in [2.24, 2.45) is 0 Å². The first-order chi connectivity index (χ1) is 11.2. The van der Waals surface area contributed by atoms with Crippen LogP contribution >= 0.6 is 0 Å². The van der Waals surface area contributed by atoms with Gasteiger partial charge in [-0.3, -0.25) is 4.79 Å². The summed E-state index contributed by atoms with van der Waals surface area (Å²) in [6.07, 6.45) is 1.99. The lowest BCUT2D eigenvalue weighted by molar-refractivity contribution is 0.0440. The van der Waals surface area contributed by atoms with E-state index in [1.165, 1.54) is 0 Å². The monoisotopic (exact) mass is 310 g/mol. The van der Waals surface area contributed by atoms with Crippen molar-refractivity contribution in [2.75, 3.05) is 13.7 Å². The van der Waals surface area contributed by atoms with Crippen LogP contribution in [0.3, 0.4) is 0 Å². The molecular weight excluding hydrogens is 292 g/mol. The molecule has 0 saturated carbocycles. The van der Waals surface area contributed by atoms with Gasteiger partial charge in [0.05, 0.1) is 19.2 Å². The number of amides is 1. The minimum atomic E-state index is -0.0992. The van der Waals surface area contributed by atoms with Gasteiger partial charge in [0.25, 0.3) is 5.91 Å². The SMILES string of the molecule is COC1CN(C(=O)c2cc3ccccc3o2)Cc2cccn2C1. The zero-order chi connectivity index (χ0) is 15.8. The van der Waals surface area contributed by atoms with Gasteiger partial charge in [0.1, 0.15) is 5.58 Å². The van der Waals surface area contributed by atoms with Crippen molar-refractivity contribution in [3.8, 4) is 0 Å². The highest BCUT2D eigenvalue weighted by atomic mass is 16.5. The van der Waals surface area contributed by atoms with Gasteiger partial charge in [-0.25, -0.2) is 0 Å². The number of furan rings is 1. The van der Waals surface area contributed by atoms with Gasteiger partial charge >= 0.3 is 0 Å². The molecule has 0 fully saturated rings. The first-order valence-corrected chi connectivity index (χ1v) is 7.69.